The summed E-state index contributed by atoms with van der Waals surface area (Å²) in [6.45, 7) is 0.120. The fourth-order valence-corrected chi connectivity index (χ4v) is 1.69. The van der Waals surface area contributed by atoms with Gasteiger partial charge in [0.25, 0.3) is 0 Å². The van der Waals surface area contributed by atoms with E-state index < -0.39 is 17.8 Å². The van der Waals surface area contributed by atoms with E-state index in [1.54, 1.807) is 24.3 Å². The summed E-state index contributed by atoms with van der Waals surface area (Å²) in [4.78, 5) is 35.1. The van der Waals surface area contributed by atoms with Crippen molar-refractivity contribution in [2.45, 2.75) is 13.0 Å². The highest BCUT2D eigenvalue weighted by molar-refractivity contribution is 6.13. The zero-order valence-electron chi connectivity index (χ0n) is 9.80. The van der Waals surface area contributed by atoms with E-state index in [0.29, 0.717) is 5.75 Å². The molecule has 6 nitrogen and oxygen atoms in total. The first kappa shape index (κ1) is 12.1. The van der Waals surface area contributed by atoms with Crippen LogP contribution in [0.4, 0.5) is 4.79 Å². The summed E-state index contributed by atoms with van der Waals surface area (Å²) in [5, 5.41) is 2.10. The van der Waals surface area contributed by atoms with Crippen LogP contribution in [0.15, 0.2) is 24.3 Å². The average molecular weight is 248 g/mol. The molecule has 0 radical (unpaired) electrons. The molecule has 2 rings (SSSR count). The molecule has 4 amide bonds. The van der Waals surface area contributed by atoms with Gasteiger partial charge in [-0.05, 0) is 17.7 Å². The van der Waals surface area contributed by atoms with Crippen LogP contribution in [-0.2, 0) is 16.1 Å². The first-order valence-corrected chi connectivity index (χ1v) is 5.37. The van der Waals surface area contributed by atoms with Gasteiger partial charge in [-0.2, -0.15) is 0 Å². The molecule has 0 unspecified atom stereocenters. The second-order valence-electron chi connectivity index (χ2n) is 3.86. The van der Waals surface area contributed by atoms with E-state index in [1.165, 1.54) is 7.11 Å². The first-order valence-electron chi connectivity index (χ1n) is 5.37. The number of ether oxygens (including phenoxy) is 1. The van der Waals surface area contributed by atoms with E-state index >= 15 is 0 Å². The summed E-state index contributed by atoms with van der Waals surface area (Å²) in [6, 6.07) is 6.37. The molecule has 1 aliphatic rings. The van der Waals surface area contributed by atoms with Gasteiger partial charge in [-0.25, -0.2) is 4.79 Å². The van der Waals surface area contributed by atoms with Crippen molar-refractivity contribution in [3.8, 4) is 5.75 Å². The van der Waals surface area contributed by atoms with Crippen molar-refractivity contribution in [3.63, 3.8) is 0 Å². The number of imide groups is 2. The third-order valence-corrected chi connectivity index (χ3v) is 2.58. The Morgan fingerprint density at radius 3 is 2.78 bits per heavy atom. The number of urea groups is 1. The summed E-state index contributed by atoms with van der Waals surface area (Å²) >= 11 is 0. The number of carbonyl (C=O) groups excluding carboxylic acids is 3. The maximum atomic E-state index is 11.6. The molecule has 1 fully saturated rings. The molecule has 0 spiro atoms. The molecule has 1 heterocycles. The molecule has 0 saturated carbocycles. The Morgan fingerprint density at radius 2 is 2.11 bits per heavy atom. The zero-order chi connectivity index (χ0) is 13.1. The molecule has 18 heavy (non-hydrogen) atoms. The number of nitrogens with zero attached hydrogens (tertiary/aromatic N) is 1. The molecule has 6 heteroatoms. The number of barbiturate groups is 1. The molecular formula is C12H12N2O4. The first-order chi connectivity index (χ1) is 8.60. The fourth-order valence-electron chi connectivity index (χ4n) is 1.69. The number of rotatable bonds is 3. The van der Waals surface area contributed by atoms with E-state index in [-0.39, 0.29) is 13.0 Å². The van der Waals surface area contributed by atoms with Crippen LogP contribution in [0.2, 0.25) is 0 Å². The number of benzene rings is 1. The smallest absolute Gasteiger partial charge is 0.331 e. The Kier molecular flexibility index (Phi) is 3.27. The second kappa shape index (κ2) is 4.87. The fraction of sp³-hybridized carbons (Fsp3) is 0.250. The van der Waals surface area contributed by atoms with E-state index in [0.717, 1.165) is 10.5 Å². The molecule has 0 bridgehead atoms. The van der Waals surface area contributed by atoms with Crippen molar-refractivity contribution in [2.75, 3.05) is 7.11 Å². The van der Waals surface area contributed by atoms with Crippen LogP contribution in [0.25, 0.3) is 0 Å². The minimum atomic E-state index is -0.681. The summed E-state index contributed by atoms with van der Waals surface area (Å²) < 4.78 is 5.06. The van der Waals surface area contributed by atoms with Crippen molar-refractivity contribution in [3.05, 3.63) is 29.8 Å². The van der Waals surface area contributed by atoms with Crippen LogP contribution in [0.5, 0.6) is 5.75 Å². The highest BCUT2D eigenvalue weighted by Gasteiger charge is 2.30. The molecule has 0 aliphatic carbocycles. The van der Waals surface area contributed by atoms with Gasteiger partial charge in [-0.15, -0.1) is 0 Å². The zero-order valence-corrected chi connectivity index (χ0v) is 9.80. The summed E-state index contributed by atoms with van der Waals surface area (Å²) in [7, 11) is 1.54. The second-order valence-corrected chi connectivity index (χ2v) is 3.86. The van der Waals surface area contributed by atoms with Crippen molar-refractivity contribution < 1.29 is 19.1 Å². The van der Waals surface area contributed by atoms with Gasteiger partial charge in [0.2, 0.25) is 11.8 Å². The lowest BCUT2D eigenvalue weighted by atomic mass is 10.2. The maximum absolute atomic E-state index is 11.6. The topological polar surface area (TPSA) is 75.7 Å². The van der Waals surface area contributed by atoms with E-state index in [9.17, 15) is 14.4 Å². The molecule has 0 aromatic heterocycles. The summed E-state index contributed by atoms with van der Waals surface area (Å²) in [5.41, 5.74) is 0.757. The van der Waals surface area contributed by atoms with Crippen LogP contribution in [0.1, 0.15) is 12.0 Å². The molecule has 0 atom stereocenters. The lowest BCUT2D eigenvalue weighted by Crippen LogP contribution is -2.52. The highest BCUT2D eigenvalue weighted by Crippen LogP contribution is 2.15. The molecule has 1 aliphatic heterocycles. The molecule has 94 valence electrons. The van der Waals surface area contributed by atoms with Crippen molar-refractivity contribution in [2.24, 2.45) is 0 Å². The lowest BCUT2D eigenvalue weighted by Gasteiger charge is -2.24. The molecule has 1 saturated heterocycles. The molecule has 1 N–H and O–H groups in total. The van der Waals surface area contributed by atoms with Gasteiger partial charge in [0.1, 0.15) is 12.2 Å². The standard InChI is InChI=1S/C12H12N2O4/c1-18-9-4-2-3-8(5-9)7-14-11(16)6-10(15)13-12(14)17/h2-5H,6-7H2,1H3,(H,13,15,17). The largest absolute Gasteiger partial charge is 0.497 e. The number of nitrogens with one attached hydrogen (secondary N) is 1. The SMILES string of the molecule is COc1cccc(CN2C(=O)CC(=O)NC2=O)c1. The maximum Gasteiger partial charge on any atom is 0.331 e. The van der Waals surface area contributed by atoms with Gasteiger partial charge in [-0.3, -0.25) is 19.8 Å². The van der Waals surface area contributed by atoms with E-state index in [1.807, 2.05) is 0 Å². The number of carbonyl (C=O) groups is 3. The Morgan fingerprint density at radius 1 is 1.33 bits per heavy atom. The van der Waals surface area contributed by atoms with E-state index in [4.69, 9.17) is 4.74 Å². The monoisotopic (exact) mass is 248 g/mol. The normalized spacial score (nSPS) is 15.6. The van der Waals surface area contributed by atoms with Crippen molar-refractivity contribution >= 4 is 17.8 Å². The molecular weight excluding hydrogens is 236 g/mol. The van der Waals surface area contributed by atoms with Crippen LogP contribution in [0.3, 0.4) is 0 Å². The number of hydrogen-bond acceptors (Lipinski definition) is 4. The quantitative estimate of drug-likeness (QED) is 0.797. The van der Waals surface area contributed by atoms with Gasteiger partial charge >= 0.3 is 6.03 Å². The Balaban J connectivity index is 2.15. The van der Waals surface area contributed by atoms with Crippen LogP contribution in [-0.4, -0.2) is 29.9 Å². The van der Waals surface area contributed by atoms with E-state index in [2.05, 4.69) is 5.32 Å². The third-order valence-electron chi connectivity index (χ3n) is 2.58. The van der Waals surface area contributed by atoms with Gasteiger partial charge in [0, 0.05) is 0 Å². The van der Waals surface area contributed by atoms with Gasteiger partial charge in [0.05, 0.1) is 13.7 Å². The minimum absolute atomic E-state index is 0.120. The predicted molar refractivity (Wildman–Crippen MR) is 61.7 cm³/mol. The molecule has 1 aromatic carbocycles. The minimum Gasteiger partial charge on any atom is -0.497 e. The molecule has 1 aromatic rings. The van der Waals surface area contributed by atoms with Crippen LogP contribution >= 0.6 is 0 Å². The van der Waals surface area contributed by atoms with Gasteiger partial charge in [-0.1, -0.05) is 12.1 Å². The highest BCUT2D eigenvalue weighted by atomic mass is 16.5. The van der Waals surface area contributed by atoms with Crippen LogP contribution < -0.4 is 10.1 Å². The third kappa shape index (κ3) is 2.48. The Hall–Kier alpha value is -2.37. The van der Waals surface area contributed by atoms with Gasteiger partial charge in [0.15, 0.2) is 0 Å². The van der Waals surface area contributed by atoms with Gasteiger partial charge < -0.3 is 4.74 Å². The Bertz CT molecular complexity index is 493. The van der Waals surface area contributed by atoms with Crippen molar-refractivity contribution in [1.82, 2.24) is 10.2 Å². The predicted octanol–water partition coefficient (Wildman–Crippen LogP) is 0.664. The average Bonchev–Trinajstić information content (AvgIpc) is 2.34. The summed E-state index contributed by atoms with van der Waals surface area (Å²) in [5.74, 6) is -0.410. The van der Waals surface area contributed by atoms with Crippen molar-refractivity contribution in [1.29, 1.82) is 0 Å². The number of amides is 4. The lowest BCUT2D eigenvalue weighted by molar-refractivity contribution is -0.136. The summed E-state index contributed by atoms with van der Waals surface area (Å²) in [6.07, 6.45) is -0.296. The number of hydrogen-bond donors (Lipinski definition) is 1. The Labute approximate surface area is 104 Å². The van der Waals surface area contributed by atoms with Crippen LogP contribution in [0, 0.1) is 0 Å². The number of methoxy groups -OCH3 is 1.